The van der Waals surface area contributed by atoms with Crippen molar-refractivity contribution in [2.75, 3.05) is 0 Å². The fourth-order valence-corrected chi connectivity index (χ4v) is 2.48. The Bertz CT molecular complexity index is 484. The summed E-state index contributed by atoms with van der Waals surface area (Å²) >= 11 is 6.16. The van der Waals surface area contributed by atoms with Crippen LogP contribution in [0.2, 0.25) is 5.02 Å². The zero-order valence-corrected chi connectivity index (χ0v) is 12.8. The van der Waals surface area contributed by atoms with E-state index in [1.165, 1.54) is 0 Å². The third kappa shape index (κ3) is 2.37. The predicted octanol–water partition coefficient (Wildman–Crippen LogP) is 2.91. The largest absolute Gasteiger partial charge is 0.506 e. The lowest BCUT2D eigenvalue weighted by Crippen LogP contribution is -2.41. The van der Waals surface area contributed by atoms with Gasteiger partial charge in [-0.2, -0.15) is 0 Å². The number of aromatic hydroxyl groups is 1. The van der Waals surface area contributed by atoms with Crippen molar-refractivity contribution in [3.63, 3.8) is 0 Å². The molecule has 2 rings (SSSR count). The van der Waals surface area contributed by atoms with E-state index in [9.17, 15) is 5.11 Å². The van der Waals surface area contributed by atoms with Gasteiger partial charge < -0.3 is 14.4 Å². The van der Waals surface area contributed by atoms with Gasteiger partial charge in [-0.15, -0.1) is 0 Å². The van der Waals surface area contributed by atoms with Crippen molar-refractivity contribution in [2.45, 2.75) is 52.2 Å². The molecule has 1 aromatic rings. The highest BCUT2D eigenvalue weighted by Gasteiger charge is 2.52. The second-order valence-corrected chi connectivity index (χ2v) is 6.29. The Balaban J connectivity index is 2.43. The zero-order chi connectivity index (χ0) is 14.4. The van der Waals surface area contributed by atoms with Gasteiger partial charge in [-0.05, 0) is 51.2 Å². The van der Waals surface area contributed by atoms with Gasteiger partial charge in [0.25, 0.3) is 0 Å². The van der Waals surface area contributed by atoms with Gasteiger partial charge in [-0.1, -0.05) is 24.6 Å². The van der Waals surface area contributed by atoms with Crippen LogP contribution in [-0.4, -0.2) is 23.4 Å². The quantitative estimate of drug-likeness (QED) is 0.848. The molecule has 0 spiro atoms. The van der Waals surface area contributed by atoms with Crippen LogP contribution >= 0.6 is 11.6 Å². The molecule has 3 nitrogen and oxygen atoms in total. The van der Waals surface area contributed by atoms with Crippen molar-refractivity contribution >= 4 is 24.2 Å². The van der Waals surface area contributed by atoms with Crippen molar-refractivity contribution in [3.8, 4) is 5.75 Å². The molecule has 104 valence electrons. The van der Waals surface area contributed by atoms with Crippen LogP contribution in [0.5, 0.6) is 5.75 Å². The molecule has 0 aliphatic carbocycles. The van der Waals surface area contributed by atoms with Crippen molar-refractivity contribution in [1.82, 2.24) is 0 Å². The third-order valence-electron chi connectivity index (χ3n) is 4.12. The van der Waals surface area contributed by atoms with E-state index in [0.29, 0.717) is 11.4 Å². The minimum absolute atomic E-state index is 0.0961. The molecule has 1 aromatic carbocycles. The Kier molecular flexibility index (Phi) is 3.63. The molecule has 19 heavy (non-hydrogen) atoms. The number of phenols is 1. The minimum atomic E-state index is -0.446. The fourth-order valence-electron chi connectivity index (χ4n) is 2.17. The van der Waals surface area contributed by atoms with E-state index in [1.807, 2.05) is 40.7 Å². The van der Waals surface area contributed by atoms with Gasteiger partial charge in [0.05, 0.1) is 16.2 Å². The van der Waals surface area contributed by atoms with Crippen LogP contribution in [0.25, 0.3) is 0 Å². The van der Waals surface area contributed by atoms with Gasteiger partial charge in [-0.3, -0.25) is 0 Å². The summed E-state index contributed by atoms with van der Waals surface area (Å²) in [5, 5.41) is 10.1. The van der Waals surface area contributed by atoms with Crippen molar-refractivity contribution in [1.29, 1.82) is 0 Å². The summed E-state index contributed by atoms with van der Waals surface area (Å²) in [5.41, 5.74) is 1.00. The van der Waals surface area contributed by atoms with E-state index in [0.717, 1.165) is 11.0 Å². The van der Waals surface area contributed by atoms with Crippen LogP contribution in [0, 0.1) is 0 Å². The van der Waals surface area contributed by atoms with Gasteiger partial charge in [0.15, 0.2) is 0 Å². The number of hydrogen-bond donors (Lipinski definition) is 1. The summed E-state index contributed by atoms with van der Waals surface area (Å²) < 4.78 is 12.0. The maximum Gasteiger partial charge on any atom is 0.495 e. The highest BCUT2D eigenvalue weighted by Crippen LogP contribution is 2.37. The summed E-state index contributed by atoms with van der Waals surface area (Å²) in [6.45, 7) is 10.1. The molecule has 0 atom stereocenters. The number of benzene rings is 1. The van der Waals surface area contributed by atoms with E-state index < -0.39 is 7.12 Å². The van der Waals surface area contributed by atoms with E-state index in [-0.39, 0.29) is 17.0 Å². The highest BCUT2D eigenvalue weighted by atomic mass is 35.5. The van der Waals surface area contributed by atoms with Crippen LogP contribution in [0.15, 0.2) is 12.1 Å². The highest BCUT2D eigenvalue weighted by molar-refractivity contribution is 6.63. The van der Waals surface area contributed by atoms with Crippen molar-refractivity contribution < 1.29 is 14.4 Å². The SMILES string of the molecule is CCc1c(B2OC(C)(C)C(C)(C)O2)ccc(O)c1Cl. The molecule has 1 aliphatic rings. The molecule has 5 heteroatoms. The summed E-state index contributed by atoms with van der Waals surface area (Å²) in [4.78, 5) is 0. The van der Waals surface area contributed by atoms with E-state index >= 15 is 0 Å². The molecule has 1 aliphatic heterocycles. The Morgan fingerprint density at radius 3 is 2.16 bits per heavy atom. The first-order valence-corrected chi connectivity index (χ1v) is 6.93. The Morgan fingerprint density at radius 1 is 1.16 bits per heavy atom. The lowest BCUT2D eigenvalue weighted by atomic mass is 9.75. The third-order valence-corrected chi connectivity index (χ3v) is 4.54. The Hall–Kier alpha value is -0.705. The molecular weight excluding hydrogens is 262 g/mol. The number of halogens is 1. The van der Waals surface area contributed by atoms with E-state index in [4.69, 9.17) is 20.9 Å². The second kappa shape index (κ2) is 4.69. The van der Waals surface area contributed by atoms with Gasteiger partial charge in [0.1, 0.15) is 5.75 Å². The molecule has 0 unspecified atom stereocenters. The van der Waals surface area contributed by atoms with Crippen LogP contribution in [-0.2, 0) is 15.7 Å². The predicted molar refractivity (Wildman–Crippen MR) is 78.2 cm³/mol. The maximum absolute atomic E-state index is 9.69. The number of phenolic OH excluding ortho intramolecular Hbond substituents is 1. The average Bonchev–Trinajstić information content (AvgIpc) is 2.51. The first-order valence-electron chi connectivity index (χ1n) is 6.55. The summed E-state index contributed by atoms with van der Waals surface area (Å²) in [5.74, 6) is 0.0961. The summed E-state index contributed by atoms with van der Waals surface area (Å²) in [6, 6.07) is 3.41. The zero-order valence-electron chi connectivity index (χ0n) is 12.1. The minimum Gasteiger partial charge on any atom is -0.506 e. The maximum atomic E-state index is 9.69. The van der Waals surface area contributed by atoms with Crippen molar-refractivity contribution in [2.24, 2.45) is 0 Å². The molecule has 1 N–H and O–H groups in total. The molecule has 0 saturated carbocycles. The summed E-state index contributed by atoms with van der Waals surface area (Å²) in [6.07, 6.45) is 0.715. The Labute approximate surface area is 120 Å². The molecular formula is C14H20BClO3. The second-order valence-electron chi connectivity index (χ2n) is 5.91. The van der Waals surface area contributed by atoms with Crippen LogP contribution in [0.1, 0.15) is 40.2 Å². The molecule has 0 radical (unpaired) electrons. The standard InChI is InChI=1S/C14H20BClO3/c1-6-9-10(7-8-11(17)12(9)16)15-18-13(2,3)14(4,5)19-15/h7-8,17H,6H2,1-5H3. The van der Waals surface area contributed by atoms with Crippen LogP contribution < -0.4 is 5.46 Å². The van der Waals surface area contributed by atoms with Crippen molar-refractivity contribution in [3.05, 3.63) is 22.7 Å². The average molecular weight is 283 g/mol. The monoisotopic (exact) mass is 282 g/mol. The van der Waals surface area contributed by atoms with E-state index in [2.05, 4.69) is 0 Å². The lowest BCUT2D eigenvalue weighted by molar-refractivity contribution is 0.00578. The number of rotatable bonds is 2. The molecule has 1 fully saturated rings. The smallest absolute Gasteiger partial charge is 0.495 e. The lowest BCUT2D eigenvalue weighted by Gasteiger charge is -2.32. The Morgan fingerprint density at radius 2 is 1.68 bits per heavy atom. The topological polar surface area (TPSA) is 38.7 Å². The van der Waals surface area contributed by atoms with Crippen LogP contribution in [0.3, 0.4) is 0 Å². The molecule has 1 saturated heterocycles. The van der Waals surface area contributed by atoms with Gasteiger partial charge >= 0.3 is 7.12 Å². The van der Waals surface area contributed by atoms with E-state index in [1.54, 1.807) is 6.07 Å². The normalized spacial score (nSPS) is 20.8. The fraction of sp³-hybridized carbons (Fsp3) is 0.571. The first-order chi connectivity index (χ1) is 8.69. The number of hydrogen-bond acceptors (Lipinski definition) is 3. The molecule has 1 heterocycles. The first kappa shape index (κ1) is 14.7. The van der Waals surface area contributed by atoms with Gasteiger partial charge in [-0.25, -0.2) is 0 Å². The molecule has 0 aromatic heterocycles. The molecule has 0 bridgehead atoms. The van der Waals surface area contributed by atoms with Gasteiger partial charge in [0.2, 0.25) is 0 Å². The van der Waals surface area contributed by atoms with Crippen LogP contribution in [0.4, 0.5) is 0 Å². The molecule has 0 amide bonds. The summed E-state index contributed by atoms with van der Waals surface area (Å²) in [7, 11) is -0.446. The van der Waals surface area contributed by atoms with Gasteiger partial charge in [0, 0.05) is 0 Å².